The summed E-state index contributed by atoms with van der Waals surface area (Å²) in [6.45, 7) is 9.15. The highest BCUT2D eigenvalue weighted by Gasteiger charge is 2.15. The molecule has 1 N–H and O–H groups in total. The van der Waals surface area contributed by atoms with Gasteiger partial charge in [-0.25, -0.2) is 0 Å². The molecule has 0 saturated carbocycles. The molecule has 0 fully saturated rings. The molecule has 1 unspecified atom stereocenters. The summed E-state index contributed by atoms with van der Waals surface area (Å²) in [4.78, 5) is 11.4. The van der Waals surface area contributed by atoms with Gasteiger partial charge in [-0.2, -0.15) is 0 Å². The molecule has 2 nitrogen and oxygen atoms in total. The van der Waals surface area contributed by atoms with Crippen molar-refractivity contribution in [1.82, 2.24) is 5.32 Å². The average molecular weight is 185 g/mol. The fraction of sp³-hybridized carbons (Fsp3) is 0.909. The lowest BCUT2D eigenvalue weighted by Gasteiger charge is -2.14. The third-order valence-electron chi connectivity index (χ3n) is 2.49. The Kier molecular flexibility index (Phi) is 6.65. The van der Waals surface area contributed by atoms with Crippen LogP contribution in [0.4, 0.5) is 0 Å². The monoisotopic (exact) mass is 185 g/mol. The summed E-state index contributed by atoms with van der Waals surface area (Å²) in [5.41, 5.74) is 0. The summed E-state index contributed by atoms with van der Waals surface area (Å²) in [5, 5.41) is 2.96. The van der Waals surface area contributed by atoms with Gasteiger partial charge in [0.1, 0.15) is 0 Å². The Morgan fingerprint density at radius 2 is 1.85 bits per heavy atom. The second-order valence-electron chi connectivity index (χ2n) is 4.03. The van der Waals surface area contributed by atoms with Gasteiger partial charge >= 0.3 is 0 Å². The first kappa shape index (κ1) is 12.5. The molecule has 0 aromatic heterocycles. The first-order chi connectivity index (χ1) is 6.09. The van der Waals surface area contributed by atoms with Crippen molar-refractivity contribution in [2.45, 2.75) is 47.0 Å². The number of carbonyl (C=O) groups excluding carboxylic acids is 1. The van der Waals surface area contributed by atoms with Gasteiger partial charge in [-0.05, 0) is 12.3 Å². The van der Waals surface area contributed by atoms with Crippen LogP contribution in [-0.2, 0) is 4.79 Å². The molecule has 0 rings (SSSR count). The van der Waals surface area contributed by atoms with Crippen LogP contribution in [0.5, 0.6) is 0 Å². The van der Waals surface area contributed by atoms with Crippen LogP contribution in [0.15, 0.2) is 0 Å². The normalized spacial score (nSPS) is 13.0. The van der Waals surface area contributed by atoms with Crippen LogP contribution in [0.3, 0.4) is 0 Å². The minimum absolute atomic E-state index is 0.140. The van der Waals surface area contributed by atoms with Gasteiger partial charge in [0, 0.05) is 12.5 Å². The van der Waals surface area contributed by atoms with E-state index in [9.17, 15) is 4.79 Å². The summed E-state index contributed by atoms with van der Waals surface area (Å²) in [5.74, 6) is 0.777. The van der Waals surface area contributed by atoms with Gasteiger partial charge in [-0.1, -0.05) is 40.5 Å². The number of unbranched alkanes of at least 4 members (excludes halogenated alkanes) is 2. The van der Waals surface area contributed by atoms with Crippen molar-refractivity contribution in [3.8, 4) is 0 Å². The Bertz CT molecular complexity index is 143. The first-order valence-corrected chi connectivity index (χ1v) is 5.37. The van der Waals surface area contributed by atoms with Gasteiger partial charge in [-0.3, -0.25) is 4.79 Å². The second kappa shape index (κ2) is 6.93. The number of nitrogens with one attached hydrogen (secondary N) is 1. The number of hydrogen-bond donors (Lipinski definition) is 1. The fourth-order valence-electron chi connectivity index (χ4n) is 1.05. The number of amides is 1. The molecule has 1 atom stereocenters. The van der Waals surface area contributed by atoms with Crippen LogP contribution in [-0.4, -0.2) is 12.5 Å². The fourth-order valence-corrected chi connectivity index (χ4v) is 1.05. The Balaban J connectivity index is 3.50. The van der Waals surface area contributed by atoms with E-state index in [4.69, 9.17) is 0 Å². The van der Waals surface area contributed by atoms with Crippen molar-refractivity contribution in [3.05, 3.63) is 0 Å². The number of rotatable bonds is 6. The van der Waals surface area contributed by atoms with Crippen molar-refractivity contribution < 1.29 is 4.79 Å². The lowest BCUT2D eigenvalue weighted by Crippen LogP contribution is -2.32. The molecule has 78 valence electrons. The highest BCUT2D eigenvalue weighted by molar-refractivity contribution is 5.78. The molecule has 0 radical (unpaired) electrons. The van der Waals surface area contributed by atoms with Crippen molar-refractivity contribution in [2.75, 3.05) is 6.54 Å². The van der Waals surface area contributed by atoms with Gasteiger partial charge in [0.2, 0.25) is 5.91 Å². The zero-order valence-corrected chi connectivity index (χ0v) is 9.39. The lowest BCUT2D eigenvalue weighted by atomic mass is 9.97. The predicted octanol–water partition coefficient (Wildman–Crippen LogP) is 2.58. The molecule has 0 heterocycles. The van der Waals surface area contributed by atoms with Crippen molar-refractivity contribution >= 4 is 5.91 Å². The minimum atomic E-state index is 0.140. The van der Waals surface area contributed by atoms with E-state index < -0.39 is 0 Å². The smallest absolute Gasteiger partial charge is 0.223 e. The molecule has 0 aliphatic heterocycles. The molecule has 2 heteroatoms. The Morgan fingerprint density at radius 3 is 2.31 bits per heavy atom. The first-order valence-electron chi connectivity index (χ1n) is 5.37. The van der Waals surface area contributed by atoms with E-state index in [0.29, 0.717) is 5.92 Å². The third-order valence-corrected chi connectivity index (χ3v) is 2.49. The predicted molar refractivity (Wildman–Crippen MR) is 56.5 cm³/mol. The van der Waals surface area contributed by atoms with E-state index in [2.05, 4.69) is 26.1 Å². The van der Waals surface area contributed by atoms with Crippen molar-refractivity contribution in [2.24, 2.45) is 11.8 Å². The standard InChI is InChI=1S/C11H23NO/c1-5-6-7-8-12-11(13)10(4)9(2)3/h9-10H,5-8H2,1-4H3,(H,12,13). The van der Waals surface area contributed by atoms with E-state index in [-0.39, 0.29) is 11.8 Å². The molecular formula is C11H23NO. The highest BCUT2D eigenvalue weighted by Crippen LogP contribution is 2.08. The lowest BCUT2D eigenvalue weighted by molar-refractivity contribution is -0.125. The second-order valence-corrected chi connectivity index (χ2v) is 4.03. The maximum absolute atomic E-state index is 11.4. The van der Waals surface area contributed by atoms with Crippen LogP contribution >= 0.6 is 0 Å². The quantitative estimate of drug-likeness (QED) is 0.633. The Labute approximate surface area is 82.1 Å². The summed E-state index contributed by atoms with van der Waals surface area (Å²) >= 11 is 0. The summed E-state index contributed by atoms with van der Waals surface area (Å²) in [7, 11) is 0. The van der Waals surface area contributed by atoms with Gasteiger partial charge in [0.05, 0.1) is 0 Å². The Morgan fingerprint density at radius 1 is 1.23 bits per heavy atom. The summed E-state index contributed by atoms with van der Waals surface area (Å²) in [6, 6.07) is 0. The van der Waals surface area contributed by atoms with Crippen LogP contribution in [0.25, 0.3) is 0 Å². The molecule has 0 aliphatic rings. The molecule has 0 spiro atoms. The van der Waals surface area contributed by atoms with E-state index in [0.717, 1.165) is 13.0 Å². The molecule has 0 aliphatic carbocycles. The maximum Gasteiger partial charge on any atom is 0.223 e. The van der Waals surface area contributed by atoms with Gasteiger partial charge in [-0.15, -0.1) is 0 Å². The zero-order valence-electron chi connectivity index (χ0n) is 9.39. The van der Waals surface area contributed by atoms with Crippen molar-refractivity contribution in [1.29, 1.82) is 0 Å². The summed E-state index contributed by atoms with van der Waals surface area (Å²) < 4.78 is 0. The third kappa shape index (κ3) is 5.67. The molecule has 13 heavy (non-hydrogen) atoms. The van der Waals surface area contributed by atoms with Gasteiger partial charge < -0.3 is 5.32 Å². The molecule has 0 aromatic carbocycles. The van der Waals surface area contributed by atoms with Crippen LogP contribution < -0.4 is 5.32 Å². The van der Waals surface area contributed by atoms with E-state index in [1.807, 2.05) is 6.92 Å². The highest BCUT2D eigenvalue weighted by atomic mass is 16.1. The van der Waals surface area contributed by atoms with Crippen LogP contribution in [0, 0.1) is 11.8 Å². The zero-order chi connectivity index (χ0) is 10.3. The molecule has 0 saturated heterocycles. The van der Waals surface area contributed by atoms with Gasteiger partial charge in [0.25, 0.3) is 0 Å². The van der Waals surface area contributed by atoms with E-state index >= 15 is 0 Å². The maximum atomic E-state index is 11.4. The van der Waals surface area contributed by atoms with E-state index in [1.165, 1.54) is 12.8 Å². The van der Waals surface area contributed by atoms with E-state index in [1.54, 1.807) is 0 Å². The van der Waals surface area contributed by atoms with Crippen molar-refractivity contribution in [3.63, 3.8) is 0 Å². The Hall–Kier alpha value is -0.530. The van der Waals surface area contributed by atoms with Crippen LogP contribution in [0.2, 0.25) is 0 Å². The number of carbonyl (C=O) groups is 1. The summed E-state index contributed by atoms with van der Waals surface area (Å²) in [6.07, 6.45) is 3.51. The number of hydrogen-bond acceptors (Lipinski definition) is 1. The van der Waals surface area contributed by atoms with Gasteiger partial charge in [0.15, 0.2) is 0 Å². The average Bonchev–Trinajstić information content (AvgIpc) is 2.10. The molecule has 0 bridgehead atoms. The molecular weight excluding hydrogens is 162 g/mol. The molecule has 0 aromatic rings. The SMILES string of the molecule is CCCCCNC(=O)C(C)C(C)C. The minimum Gasteiger partial charge on any atom is -0.356 e. The topological polar surface area (TPSA) is 29.1 Å². The molecule has 1 amide bonds. The van der Waals surface area contributed by atoms with Crippen LogP contribution in [0.1, 0.15) is 47.0 Å². The largest absolute Gasteiger partial charge is 0.356 e.